The molecule has 132 valence electrons. The number of hydrogen-bond acceptors (Lipinski definition) is 7. The van der Waals surface area contributed by atoms with Gasteiger partial charge in [0.25, 0.3) is 0 Å². The van der Waals surface area contributed by atoms with Crippen molar-refractivity contribution < 1.29 is 27.4 Å². The molecule has 1 aromatic rings. The number of carbonyl (C=O) groups excluding carboxylic acids is 1. The number of carbonyl (C=O) groups is 1. The molecule has 7 nitrogen and oxygen atoms in total. The summed E-state index contributed by atoms with van der Waals surface area (Å²) in [4.78, 5) is 11.8. The maximum atomic E-state index is 12.9. The number of esters is 1. The maximum Gasteiger partial charge on any atom is 0.320 e. The van der Waals surface area contributed by atoms with Crippen LogP contribution >= 0.6 is 11.8 Å². The molecular weight excluding hydrogens is 354 g/mol. The number of fused-ring (bicyclic) bond motifs is 1. The lowest BCUT2D eigenvalue weighted by Crippen LogP contribution is -2.44. The highest BCUT2D eigenvalue weighted by molar-refractivity contribution is 8.00. The predicted octanol–water partition coefficient (Wildman–Crippen LogP) is 1.13. The van der Waals surface area contributed by atoms with Crippen molar-refractivity contribution in [3.63, 3.8) is 0 Å². The van der Waals surface area contributed by atoms with Gasteiger partial charge in [0.05, 0.1) is 25.2 Å². The van der Waals surface area contributed by atoms with Crippen LogP contribution in [0.15, 0.2) is 23.1 Å². The third kappa shape index (κ3) is 3.47. The van der Waals surface area contributed by atoms with Gasteiger partial charge in [-0.3, -0.25) is 4.79 Å². The Hall–Kier alpha value is -1.45. The first-order chi connectivity index (χ1) is 11.5. The van der Waals surface area contributed by atoms with Gasteiger partial charge in [-0.25, -0.2) is 8.42 Å². The highest BCUT2D eigenvalue weighted by atomic mass is 32.2. The van der Waals surface area contributed by atoms with Gasteiger partial charge in [0, 0.05) is 31.3 Å². The van der Waals surface area contributed by atoms with Crippen molar-refractivity contribution in [2.75, 3.05) is 39.2 Å². The molecule has 0 bridgehead atoms. The average Bonchev–Trinajstić information content (AvgIpc) is 2.85. The average molecular weight is 373 g/mol. The minimum Gasteiger partial charge on any atom is -0.490 e. The second-order valence-corrected chi connectivity index (χ2v) is 8.65. The topological polar surface area (TPSA) is 82.1 Å². The quantitative estimate of drug-likeness (QED) is 0.735. The molecule has 1 saturated heterocycles. The molecule has 2 aliphatic rings. The Morgan fingerprint density at radius 3 is 2.79 bits per heavy atom. The van der Waals surface area contributed by atoms with Crippen LogP contribution in [0.4, 0.5) is 0 Å². The van der Waals surface area contributed by atoms with Gasteiger partial charge in [0.1, 0.15) is 5.25 Å². The van der Waals surface area contributed by atoms with E-state index in [0.29, 0.717) is 37.0 Å². The molecule has 1 atom stereocenters. The molecule has 0 aliphatic carbocycles. The van der Waals surface area contributed by atoms with Crippen LogP contribution in [-0.4, -0.2) is 63.1 Å². The second kappa shape index (κ2) is 7.20. The van der Waals surface area contributed by atoms with Crippen LogP contribution in [0, 0.1) is 0 Å². The van der Waals surface area contributed by atoms with Crippen molar-refractivity contribution in [2.24, 2.45) is 0 Å². The van der Waals surface area contributed by atoms with Crippen LogP contribution in [0.3, 0.4) is 0 Å². The molecule has 0 aromatic heterocycles. The first-order valence-corrected chi connectivity index (χ1v) is 10.1. The Kier molecular flexibility index (Phi) is 5.21. The molecule has 2 heterocycles. The molecule has 0 saturated carbocycles. The Morgan fingerprint density at radius 1 is 1.29 bits per heavy atom. The van der Waals surface area contributed by atoms with Gasteiger partial charge in [-0.1, -0.05) is 0 Å². The van der Waals surface area contributed by atoms with Gasteiger partial charge in [-0.05, 0) is 12.1 Å². The SMILES string of the molecule is COC(=O)[C@@H]1CN(S(=O)(=O)c2ccc3c(c2)OCCCO3)CCS1. The summed E-state index contributed by atoms with van der Waals surface area (Å²) >= 11 is 1.41. The predicted molar refractivity (Wildman–Crippen MR) is 89.1 cm³/mol. The lowest BCUT2D eigenvalue weighted by Gasteiger charge is -2.30. The van der Waals surface area contributed by atoms with Crippen molar-refractivity contribution in [3.05, 3.63) is 18.2 Å². The fourth-order valence-electron chi connectivity index (χ4n) is 2.57. The Bertz CT molecular complexity index is 721. The van der Waals surface area contributed by atoms with E-state index in [1.165, 1.54) is 35.3 Å². The molecule has 1 fully saturated rings. The van der Waals surface area contributed by atoms with E-state index in [9.17, 15) is 13.2 Å². The number of ether oxygens (including phenoxy) is 3. The van der Waals surface area contributed by atoms with Gasteiger partial charge in [0.2, 0.25) is 10.0 Å². The number of methoxy groups -OCH3 is 1. The normalized spacial score (nSPS) is 21.8. The highest BCUT2D eigenvalue weighted by Gasteiger charge is 2.34. The van der Waals surface area contributed by atoms with E-state index in [-0.39, 0.29) is 11.4 Å². The van der Waals surface area contributed by atoms with Gasteiger partial charge in [-0.15, -0.1) is 11.8 Å². The van der Waals surface area contributed by atoms with Gasteiger partial charge in [-0.2, -0.15) is 4.31 Å². The third-order valence-electron chi connectivity index (χ3n) is 3.85. The highest BCUT2D eigenvalue weighted by Crippen LogP contribution is 2.33. The van der Waals surface area contributed by atoms with Crippen molar-refractivity contribution in [1.82, 2.24) is 4.31 Å². The summed E-state index contributed by atoms with van der Waals surface area (Å²) in [5.41, 5.74) is 0. The van der Waals surface area contributed by atoms with Gasteiger partial charge in [0.15, 0.2) is 11.5 Å². The van der Waals surface area contributed by atoms with Crippen LogP contribution < -0.4 is 9.47 Å². The second-order valence-electron chi connectivity index (χ2n) is 5.40. The number of hydrogen-bond donors (Lipinski definition) is 0. The van der Waals surface area contributed by atoms with Crippen LogP contribution in [0.5, 0.6) is 11.5 Å². The smallest absolute Gasteiger partial charge is 0.320 e. The number of nitrogens with zero attached hydrogens (tertiary/aromatic N) is 1. The summed E-state index contributed by atoms with van der Waals surface area (Å²) in [6, 6.07) is 4.62. The van der Waals surface area contributed by atoms with Crippen molar-refractivity contribution in [1.29, 1.82) is 0 Å². The number of benzene rings is 1. The Morgan fingerprint density at radius 2 is 2.04 bits per heavy atom. The molecule has 9 heteroatoms. The summed E-state index contributed by atoms with van der Waals surface area (Å²) in [6.45, 7) is 1.49. The van der Waals surface area contributed by atoms with Crippen molar-refractivity contribution >= 4 is 27.8 Å². The zero-order valence-corrected chi connectivity index (χ0v) is 14.9. The summed E-state index contributed by atoms with van der Waals surface area (Å²) < 4.78 is 42.9. The molecule has 24 heavy (non-hydrogen) atoms. The number of rotatable bonds is 3. The zero-order chi connectivity index (χ0) is 17.2. The van der Waals surface area contributed by atoms with E-state index < -0.39 is 21.2 Å². The van der Waals surface area contributed by atoms with E-state index in [2.05, 4.69) is 0 Å². The Balaban J connectivity index is 1.85. The summed E-state index contributed by atoms with van der Waals surface area (Å²) in [7, 11) is -2.40. The van der Waals surface area contributed by atoms with Gasteiger partial charge < -0.3 is 14.2 Å². The number of sulfonamides is 1. The molecule has 0 amide bonds. The fraction of sp³-hybridized carbons (Fsp3) is 0.533. The molecule has 0 spiro atoms. The molecular formula is C15H19NO6S2. The van der Waals surface area contributed by atoms with Crippen molar-refractivity contribution in [2.45, 2.75) is 16.6 Å². The van der Waals surface area contributed by atoms with E-state index in [1.54, 1.807) is 6.07 Å². The van der Waals surface area contributed by atoms with Crippen LogP contribution in [0.1, 0.15) is 6.42 Å². The standard InChI is InChI=1S/C15H19NO6S2/c1-20-15(17)14-10-16(5-8-23-14)24(18,19)11-3-4-12-13(9-11)22-7-2-6-21-12/h3-4,9,14H,2,5-8,10H2,1H3/t14-/m0/s1. The molecule has 0 radical (unpaired) electrons. The Labute approximate surface area is 145 Å². The zero-order valence-electron chi connectivity index (χ0n) is 13.3. The molecule has 0 N–H and O–H groups in total. The minimum absolute atomic E-state index is 0.105. The summed E-state index contributed by atoms with van der Waals surface area (Å²) in [5.74, 6) is 1.12. The molecule has 1 aromatic carbocycles. The van der Waals surface area contributed by atoms with E-state index >= 15 is 0 Å². The lowest BCUT2D eigenvalue weighted by molar-refractivity contribution is -0.140. The molecule has 3 rings (SSSR count). The maximum absolute atomic E-state index is 12.9. The minimum atomic E-state index is -3.71. The van der Waals surface area contributed by atoms with Crippen LogP contribution in [0.25, 0.3) is 0 Å². The number of thioether (sulfide) groups is 1. The van der Waals surface area contributed by atoms with E-state index in [4.69, 9.17) is 14.2 Å². The molecule has 2 aliphatic heterocycles. The monoisotopic (exact) mass is 373 g/mol. The largest absolute Gasteiger partial charge is 0.490 e. The summed E-state index contributed by atoms with van der Waals surface area (Å²) in [5, 5.41) is -0.501. The van der Waals surface area contributed by atoms with Crippen LogP contribution in [-0.2, 0) is 19.6 Å². The first-order valence-electron chi connectivity index (χ1n) is 7.61. The van der Waals surface area contributed by atoms with E-state index in [1.807, 2.05) is 0 Å². The van der Waals surface area contributed by atoms with Gasteiger partial charge >= 0.3 is 5.97 Å². The van der Waals surface area contributed by atoms with E-state index in [0.717, 1.165) is 6.42 Å². The van der Waals surface area contributed by atoms with Crippen LogP contribution in [0.2, 0.25) is 0 Å². The lowest BCUT2D eigenvalue weighted by atomic mass is 10.3. The third-order valence-corrected chi connectivity index (χ3v) is 6.87. The van der Waals surface area contributed by atoms with Crippen molar-refractivity contribution in [3.8, 4) is 11.5 Å². The summed E-state index contributed by atoms with van der Waals surface area (Å²) in [6.07, 6.45) is 0.751. The first kappa shape index (κ1) is 17.4. The fourth-order valence-corrected chi connectivity index (χ4v) is 5.38. The molecule has 0 unspecified atom stereocenters.